The summed E-state index contributed by atoms with van der Waals surface area (Å²) in [7, 11) is 0. The first-order valence-corrected chi connectivity index (χ1v) is 8.53. The maximum absolute atomic E-state index is 12.1. The summed E-state index contributed by atoms with van der Waals surface area (Å²) in [5, 5.41) is 11.4. The molecule has 2 atom stereocenters. The van der Waals surface area contributed by atoms with Gasteiger partial charge in [0.2, 0.25) is 0 Å². The van der Waals surface area contributed by atoms with Crippen molar-refractivity contribution in [1.82, 2.24) is 20.4 Å². The number of hydrogen-bond donors (Lipinski definition) is 2. The number of piperidine rings is 1. The third kappa shape index (κ3) is 3.35. The van der Waals surface area contributed by atoms with E-state index in [1.165, 1.54) is 25.0 Å². The fourth-order valence-corrected chi connectivity index (χ4v) is 4.03. The fourth-order valence-electron chi connectivity index (χ4n) is 2.82. The van der Waals surface area contributed by atoms with Crippen molar-refractivity contribution in [2.45, 2.75) is 37.0 Å². The van der Waals surface area contributed by atoms with E-state index in [1.54, 1.807) is 0 Å². The molecule has 2 fully saturated rings. The maximum Gasteiger partial charge on any atom is 0.271 e. The van der Waals surface area contributed by atoms with Crippen LogP contribution < -0.4 is 10.6 Å². The van der Waals surface area contributed by atoms with Crippen LogP contribution in [-0.4, -0.2) is 46.3 Å². The molecule has 1 amide bonds. The van der Waals surface area contributed by atoms with Crippen molar-refractivity contribution < 1.29 is 4.79 Å². The average molecular weight is 294 g/mol. The molecule has 3 rings (SSSR count). The molecule has 2 aliphatic heterocycles. The lowest BCUT2D eigenvalue weighted by atomic mass is 10.1. The first-order valence-electron chi connectivity index (χ1n) is 7.48. The Morgan fingerprint density at radius 2 is 2.45 bits per heavy atom. The summed E-state index contributed by atoms with van der Waals surface area (Å²) in [5.74, 6) is 1.18. The average Bonchev–Trinajstić information content (AvgIpc) is 3.17. The smallest absolute Gasteiger partial charge is 0.271 e. The van der Waals surface area contributed by atoms with E-state index in [9.17, 15) is 4.79 Å². The van der Waals surface area contributed by atoms with Crippen LogP contribution in [0.4, 0.5) is 0 Å². The molecule has 0 bridgehead atoms. The highest BCUT2D eigenvalue weighted by Gasteiger charge is 2.19. The van der Waals surface area contributed by atoms with Crippen LogP contribution in [0.15, 0.2) is 12.3 Å². The van der Waals surface area contributed by atoms with Crippen LogP contribution >= 0.6 is 11.8 Å². The zero-order valence-electron chi connectivity index (χ0n) is 11.7. The Kier molecular flexibility index (Phi) is 4.62. The predicted molar refractivity (Wildman–Crippen MR) is 81.2 cm³/mol. The van der Waals surface area contributed by atoms with Crippen molar-refractivity contribution in [1.29, 1.82) is 0 Å². The number of rotatable bonds is 4. The maximum atomic E-state index is 12.1. The third-order valence-electron chi connectivity index (χ3n) is 4.00. The minimum absolute atomic E-state index is 0.0416. The van der Waals surface area contributed by atoms with Crippen molar-refractivity contribution in [2.75, 3.05) is 25.4 Å². The Labute approximate surface area is 123 Å². The third-order valence-corrected chi connectivity index (χ3v) is 5.40. The molecule has 2 saturated heterocycles. The largest absolute Gasteiger partial charge is 0.350 e. The molecule has 1 aromatic rings. The predicted octanol–water partition coefficient (Wildman–Crippen LogP) is 1.43. The molecule has 20 heavy (non-hydrogen) atoms. The van der Waals surface area contributed by atoms with Gasteiger partial charge in [-0.3, -0.25) is 9.48 Å². The van der Waals surface area contributed by atoms with Gasteiger partial charge in [-0.25, -0.2) is 0 Å². The highest BCUT2D eigenvalue weighted by molar-refractivity contribution is 8.00. The molecular formula is C14H22N4OS. The van der Waals surface area contributed by atoms with Gasteiger partial charge in [0.25, 0.3) is 5.91 Å². The zero-order chi connectivity index (χ0) is 13.8. The van der Waals surface area contributed by atoms with E-state index in [1.807, 2.05) is 28.7 Å². The van der Waals surface area contributed by atoms with Gasteiger partial charge in [-0.05, 0) is 44.0 Å². The quantitative estimate of drug-likeness (QED) is 0.882. The Hall–Kier alpha value is -1.01. The van der Waals surface area contributed by atoms with E-state index in [-0.39, 0.29) is 5.91 Å². The zero-order valence-corrected chi connectivity index (χ0v) is 12.5. The lowest BCUT2D eigenvalue weighted by Gasteiger charge is -2.22. The number of carbonyl (C=O) groups is 1. The minimum Gasteiger partial charge on any atom is -0.350 e. The summed E-state index contributed by atoms with van der Waals surface area (Å²) < 4.78 is 1.94. The second kappa shape index (κ2) is 6.63. The van der Waals surface area contributed by atoms with Gasteiger partial charge in [0, 0.05) is 24.5 Å². The van der Waals surface area contributed by atoms with Crippen molar-refractivity contribution in [2.24, 2.45) is 0 Å². The van der Waals surface area contributed by atoms with Gasteiger partial charge in [0.05, 0.1) is 6.04 Å². The fraction of sp³-hybridized carbons (Fsp3) is 0.714. The van der Waals surface area contributed by atoms with E-state index in [0.29, 0.717) is 17.0 Å². The van der Waals surface area contributed by atoms with Crippen LogP contribution in [0.2, 0.25) is 0 Å². The van der Waals surface area contributed by atoms with Crippen LogP contribution in [-0.2, 0) is 0 Å². The van der Waals surface area contributed by atoms with Crippen molar-refractivity contribution in [3.05, 3.63) is 18.0 Å². The Morgan fingerprint density at radius 3 is 3.20 bits per heavy atom. The molecular weight excluding hydrogens is 272 g/mol. The summed E-state index contributed by atoms with van der Waals surface area (Å²) in [6.45, 7) is 2.80. The topological polar surface area (TPSA) is 59.0 Å². The first kappa shape index (κ1) is 13.9. The van der Waals surface area contributed by atoms with Gasteiger partial charge < -0.3 is 10.6 Å². The summed E-state index contributed by atoms with van der Waals surface area (Å²) >= 11 is 1.96. The highest BCUT2D eigenvalue weighted by Crippen LogP contribution is 2.25. The number of carbonyl (C=O) groups excluding carboxylic acids is 1. The molecule has 3 heterocycles. The lowest BCUT2D eigenvalue weighted by Crippen LogP contribution is -2.32. The molecule has 2 N–H and O–H groups in total. The number of thioether (sulfide) groups is 1. The summed E-state index contributed by atoms with van der Waals surface area (Å²) in [6.07, 6.45) is 6.72. The Bertz CT molecular complexity index is 450. The Morgan fingerprint density at radius 1 is 1.50 bits per heavy atom. The number of nitrogens with zero attached hydrogens (tertiary/aromatic N) is 2. The number of amides is 1. The normalized spacial score (nSPS) is 26.6. The van der Waals surface area contributed by atoms with Gasteiger partial charge in [-0.1, -0.05) is 0 Å². The molecule has 110 valence electrons. The second-order valence-corrected chi connectivity index (χ2v) is 6.93. The van der Waals surface area contributed by atoms with Crippen LogP contribution in [0, 0.1) is 0 Å². The molecule has 0 unspecified atom stereocenters. The molecule has 5 nitrogen and oxygen atoms in total. The molecule has 0 radical (unpaired) electrons. The number of nitrogens with one attached hydrogen (secondary N) is 2. The molecule has 6 heteroatoms. The minimum atomic E-state index is -0.0416. The molecule has 2 aliphatic rings. The molecule has 0 aromatic carbocycles. The van der Waals surface area contributed by atoms with E-state index >= 15 is 0 Å². The summed E-state index contributed by atoms with van der Waals surface area (Å²) in [4.78, 5) is 12.1. The second-order valence-electron chi connectivity index (χ2n) is 5.53. The van der Waals surface area contributed by atoms with Crippen LogP contribution in [0.25, 0.3) is 0 Å². The van der Waals surface area contributed by atoms with Gasteiger partial charge in [0.15, 0.2) is 0 Å². The highest BCUT2D eigenvalue weighted by atomic mass is 32.2. The van der Waals surface area contributed by atoms with Crippen LogP contribution in [0.5, 0.6) is 0 Å². The van der Waals surface area contributed by atoms with Crippen LogP contribution in [0.1, 0.15) is 42.2 Å². The van der Waals surface area contributed by atoms with Crippen molar-refractivity contribution in [3.8, 4) is 0 Å². The molecule has 1 aromatic heterocycles. The molecule has 0 saturated carbocycles. The van der Waals surface area contributed by atoms with Crippen molar-refractivity contribution >= 4 is 17.7 Å². The summed E-state index contributed by atoms with van der Waals surface area (Å²) in [6, 6.07) is 2.21. The van der Waals surface area contributed by atoms with Gasteiger partial charge in [0.1, 0.15) is 5.69 Å². The lowest BCUT2D eigenvalue weighted by molar-refractivity contribution is 0.0947. The van der Waals surface area contributed by atoms with Crippen LogP contribution in [0.3, 0.4) is 0 Å². The van der Waals surface area contributed by atoms with Crippen molar-refractivity contribution in [3.63, 3.8) is 0 Å². The number of aromatic nitrogens is 2. The SMILES string of the molecule is O=C(NC[C@@H]1CCCS1)c1ccn([C@@H]2CCCNC2)n1. The van der Waals surface area contributed by atoms with Gasteiger partial charge >= 0.3 is 0 Å². The first-order chi connectivity index (χ1) is 9.83. The number of hydrogen-bond acceptors (Lipinski definition) is 4. The summed E-state index contributed by atoms with van der Waals surface area (Å²) in [5.41, 5.74) is 0.540. The monoisotopic (exact) mass is 294 g/mol. The standard InChI is InChI=1S/C14H22N4OS/c19-14(16-10-12-4-2-8-20-12)13-5-7-18(17-13)11-3-1-6-15-9-11/h5,7,11-12,15H,1-4,6,8-10H2,(H,16,19)/t11-,12+/m1/s1. The Balaban J connectivity index is 1.53. The van der Waals surface area contributed by atoms with E-state index in [2.05, 4.69) is 15.7 Å². The molecule has 0 spiro atoms. The van der Waals surface area contributed by atoms with E-state index in [4.69, 9.17) is 0 Å². The van der Waals surface area contributed by atoms with E-state index < -0.39 is 0 Å². The molecule has 0 aliphatic carbocycles. The van der Waals surface area contributed by atoms with E-state index in [0.717, 1.165) is 26.1 Å². The van der Waals surface area contributed by atoms with Gasteiger partial charge in [-0.15, -0.1) is 0 Å². The van der Waals surface area contributed by atoms with Gasteiger partial charge in [-0.2, -0.15) is 16.9 Å².